The smallest absolute Gasteiger partial charge is 0.351 e. The summed E-state index contributed by atoms with van der Waals surface area (Å²) in [4.78, 5) is 15.2. The van der Waals surface area contributed by atoms with Crippen molar-refractivity contribution in [1.82, 2.24) is 9.55 Å². The highest BCUT2D eigenvalue weighted by atomic mass is 16.5. The minimum absolute atomic E-state index is 0.0315. The van der Waals surface area contributed by atoms with Gasteiger partial charge in [-0.25, -0.2) is 4.79 Å². The number of aliphatic hydroxyl groups is 3. The van der Waals surface area contributed by atoms with Crippen LogP contribution in [0.25, 0.3) is 0 Å². The van der Waals surface area contributed by atoms with Gasteiger partial charge in [0.2, 0.25) is 0 Å². The molecule has 1 aromatic heterocycles. The highest BCUT2D eigenvalue weighted by molar-refractivity contribution is 5.36. The van der Waals surface area contributed by atoms with Crippen LogP contribution in [0.3, 0.4) is 0 Å². The fraction of sp³-hybridized carbons (Fsp3) is 0.600. The van der Waals surface area contributed by atoms with Crippen LogP contribution in [0.1, 0.15) is 18.2 Å². The zero-order valence-electron chi connectivity index (χ0n) is 9.56. The molecule has 8 nitrogen and oxygen atoms in total. The first-order valence-electron chi connectivity index (χ1n) is 5.49. The third-order valence-electron chi connectivity index (χ3n) is 2.93. The van der Waals surface area contributed by atoms with Crippen molar-refractivity contribution in [3.63, 3.8) is 0 Å². The number of aliphatic hydroxyl groups excluding tert-OH is 3. The second-order valence-corrected chi connectivity index (χ2v) is 4.11. The fourth-order valence-electron chi connectivity index (χ4n) is 1.90. The fourth-order valence-corrected chi connectivity index (χ4v) is 1.90. The number of rotatable bonds is 3. The Kier molecular flexibility index (Phi) is 3.62. The molecule has 18 heavy (non-hydrogen) atoms. The van der Waals surface area contributed by atoms with Gasteiger partial charge in [0.15, 0.2) is 0 Å². The van der Waals surface area contributed by atoms with Gasteiger partial charge < -0.3 is 25.8 Å². The molecular weight excluding hydrogens is 242 g/mol. The second-order valence-electron chi connectivity index (χ2n) is 4.11. The van der Waals surface area contributed by atoms with E-state index in [4.69, 9.17) is 20.7 Å². The molecule has 1 aromatic rings. The van der Waals surface area contributed by atoms with Crippen molar-refractivity contribution in [2.24, 2.45) is 0 Å². The minimum atomic E-state index is -0.845. The van der Waals surface area contributed by atoms with E-state index in [1.54, 1.807) is 0 Å². The lowest BCUT2D eigenvalue weighted by Gasteiger charge is -2.15. The van der Waals surface area contributed by atoms with E-state index in [9.17, 15) is 9.90 Å². The molecular formula is C10H15N3O5. The predicted molar refractivity (Wildman–Crippen MR) is 60.5 cm³/mol. The quantitative estimate of drug-likeness (QED) is 0.490. The summed E-state index contributed by atoms with van der Waals surface area (Å²) in [7, 11) is 0. The van der Waals surface area contributed by atoms with E-state index in [1.807, 2.05) is 0 Å². The predicted octanol–water partition coefficient (Wildman–Crippen LogP) is -2.04. The Morgan fingerprint density at radius 1 is 1.56 bits per heavy atom. The molecule has 1 aliphatic heterocycles. The zero-order valence-corrected chi connectivity index (χ0v) is 9.56. The first-order valence-corrected chi connectivity index (χ1v) is 5.49. The number of nitrogen functional groups attached to an aromatic ring is 1. The average molecular weight is 257 g/mol. The molecule has 8 heteroatoms. The Labute approximate surface area is 102 Å². The van der Waals surface area contributed by atoms with Crippen LogP contribution in [-0.2, 0) is 11.3 Å². The molecule has 1 aliphatic rings. The largest absolute Gasteiger partial charge is 0.394 e. The maximum atomic E-state index is 11.7. The Morgan fingerprint density at radius 2 is 2.28 bits per heavy atom. The Balaban J connectivity index is 2.32. The maximum Gasteiger partial charge on any atom is 0.351 e. The van der Waals surface area contributed by atoms with Crippen LogP contribution in [0.5, 0.6) is 0 Å². The molecule has 1 fully saturated rings. The lowest BCUT2D eigenvalue weighted by atomic mass is 10.2. The number of aromatic nitrogens is 2. The first-order chi connectivity index (χ1) is 8.56. The van der Waals surface area contributed by atoms with Gasteiger partial charge >= 0.3 is 5.69 Å². The lowest BCUT2D eigenvalue weighted by Crippen LogP contribution is -2.29. The van der Waals surface area contributed by atoms with E-state index in [2.05, 4.69) is 4.98 Å². The van der Waals surface area contributed by atoms with Crippen LogP contribution in [0, 0.1) is 0 Å². The van der Waals surface area contributed by atoms with Crippen molar-refractivity contribution in [2.45, 2.75) is 31.5 Å². The number of anilines is 1. The van der Waals surface area contributed by atoms with Crippen LogP contribution in [-0.4, -0.2) is 43.7 Å². The number of ether oxygens (including phenoxy) is 1. The molecule has 1 saturated heterocycles. The van der Waals surface area contributed by atoms with Gasteiger partial charge in [0.1, 0.15) is 18.1 Å². The van der Waals surface area contributed by atoms with Crippen LogP contribution in [0.15, 0.2) is 11.0 Å². The topological polar surface area (TPSA) is 131 Å². The lowest BCUT2D eigenvalue weighted by molar-refractivity contribution is -0.0459. The molecule has 0 bridgehead atoms. The van der Waals surface area contributed by atoms with E-state index in [0.29, 0.717) is 5.56 Å². The van der Waals surface area contributed by atoms with Gasteiger partial charge in [0.25, 0.3) is 0 Å². The van der Waals surface area contributed by atoms with Gasteiger partial charge in [-0.1, -0.05) is 0 Å². The Hall–Kier alpha value is -1.48. The van der Waals surface area contributed by atoms with E-state index in [-0.39, 0.29) is 25.5 Å². The van der Waals surface area contributed by atoms with E-state index < -0.39 is 24.1 Å². The highest BCUT2D eigenvalue weighted by Gasteiger charge is 2.35. The Morgan fingerprint density at radius 3 is 2.83 bits per heavy atom. The Bertz CT molecular complexity index is 489. The van der Waals surface area contributed by atoms with Gasteiger partial charge in [-0.2, -0.15) is 4.98 Å². The van der Waals surface area contributed by atoms with Crippen LogP contribution in [0.2, 0.25) is 0 Å². The molecule has 5 N–H and O–H groups in total. The van der Waals surface area contributed by atoms with Crippen molar-refractivity contribution in [2.75, 3.05) is 12.3 Å². The van der Waals surface area contributed by atoms with Gasteiger partial charge in [-0.15, -0.1) is 0 Å². The second kappa shape index (κ2) is 5.02. The van der Waals surface area contributed by atoms with E-state index >= 15 is 0 Å². The van der Waals surface area contributed by atoms with Gasteiger partial charge in [-0.05, 0) is 0 Å². The van der Waals surface area contributed by atoms with Gasteiger partial charge in [0, 0.05) is 18.2 Å². The number of nitrogens with zero attached hydrogens (tertiary/aromatic N) is 2. The van der Waals surface area contributed by atoms with Crippen LogP contribution >= 0.6 is 0 Å². The molecule has 100 valence electrons. The molecule has 0 unspecified atom stereocenters. The third kappa shape index (κ3) is 2.23. The summed E-state index contributed by atoms with van der Waals surface area (Å²) in [5.74, 6) is -0.0315. The molecule has 2 rings (SSSR count). The molecule has 0 aromatic carbocycles. The summed E-state index contributed by atoms with van der Waals surface area (Å²) in [6.45, 7) is -0.681. The monoisotopic (exact) mass is 257 g/mol. The van der Waals surface area contributed by atoms with Crippen LogP contribution in [0.4, 0.5) is 5.82 Å². The molecule has 0 spiro atoms. The summed E-state index contributed by atoms with van der Waals surface area (Å²) in [6, 6.07) is 0. The summed E-state index contributed by atoms with van der Waals surface area (Å²) in [5.41, 5.74) is 5.15. The first kappa shape index (κ1) is 13.0. The van der Waals surface area contributed by atoms with Gasteiger partial charge in [0.05, 0.1) is 19.3 Å². The standard InChI is InChI=1S/C10H15N3O5/c11-9-5(3-14)2-13(10(17)12-9)8-1-6(16)7(4-15)18-8/h2,6-8,14-16H,1,3-4H2,(H2,11,12,17)/t6-,7+,8+/m0/s1. The maximum absolute atomic E-state index is 11.7. The van der Waals surface area contributed by atoms with Crippen LogP contribution < -0.4 is 11.4 Å². The minimum Gasteiger partial charge on any atom is -0.394 e. The van der Waals surface area contributed by atoms with Crippen molar-refractivity contribution in [3.8, 4) is 0 Å². The van der Waals surface area contributed by atoms with E-state index in [0.717, 1.165) is 4.57 Å². The van der Waals surface area contributed by atoms with Crippen molar-refractivity contribution in [3.05, 3.63) is 22.2 Å². The summed E-state index contributed by atoms with van der Waals surface area (Å²) in [5, 5.41) is 27.6. The molecule has 2 heterocycles. The molecule has 0 saturated carbocycles. The number of hydrogen-bond acceptors (Lipinski definition) is 7. The molecule has 0 aliphatic carbocycles. The number of nitrogens with two attached hydrogens (primary N) is 1. The van der Waals surface area contributed by atoms with Gasteiger partial charge in [-0.3, -0.25) is 4.57 Å². The summed E-state index contributed by atoms with van der Waals surface area (Å²) < 4.78 is 6.48. The van der Waals surface area contributed by atoms with E-state index in [1.165, 1.54) is 6.20 Å². The van der Waals surface area contributed by atoms with Crippen molar-refractivity contribution >= 4 is 5.82 Å². The summed E-state index contributed by atoms with van der Waals surface area (Å²) in [6.07, 6.45) is -0.772. The molecule has 0 radical (unpaired) electrons. The van der Waals surface area contributed by atoms with Crippen molar-refractivity contribution < 1.29 is 20.1 Å². The SMILES string of the molecule is Nc1nc(=O)n([C@H]2C[C@H](O)[C@@H](CO)O2)cc1CO. The highest BCUT2D eigenvalue weighted by Crippen LogP contribution is 2.27. The zero-order chi connectivity index (χ0) is 13.3. The normalized spacial score (nSPS) is 27.6. The average Bonchev–Trinajstić information content (AvgIpc) is 2.70. The third-order valence-corrected chi connectivity index (χ3v) is 2.93. The van der Waals surface area contributed by atoms with Crippen molar-refractivity contribution in [1.29, 1.82) is 0 Å². The summed E-state index contributed by atoms with van der Waals surface area (Å²) >= 11 is 0. The molecule has 0 amide bonds. The molecule has 3 atom stereocenters. The number of hydrogen-bond donors (Lipinski definition) is 4.